The topological polar surface area (TPSA) is 96.0 Å². The Kier molecular flexibility index (Phi) is 10.4. The van der Waals surface area contributed by atoms with Crippen LogP contribution in [-0.2, 0) is 32.6 Å². The number of amides is 2. The Bertz CT molecular complexity index is 1350. The molecule has 208 valence electrons. The monoisotopic (exact) mass is 555 g/mol. The van der Waals surface area contributed by atoms with Crippen molar-refractivity contribution in [1.29, 1.82) is 0 Å². The van der Waals surface area contributed by atoms with Gasteiger partial charge in [-0.05, 0) is 41.8 Å². The van der Waals surface area contributed by atoms with E-state index in [0.29, 0.717) is 18.5 Å². The molecule has 0 aromatic heterocycles. The highest BCUT2D eigenvalue weighted by Gasteiger charge is 2.33. The van der Waals surface area contributed by atoms with Crippen LogP contribution in [0, 0.1) is 5.82 Å². The number of carbonyl (C=O) groups is 2. The molecular formula is C29H34FN3O5S. The molecule has 3 aromatic rings. The molecular weight excluding hydrogens is 521 g/mol. The first-order chi connectivity index (χ1) is 18.6. The summed E-state index contributed by atoms with van der Waals surface area (Å²) in [6.45, 7) is 1.75. The van der Waals surface area contributed by atoms with Crippen molar-refractivity contribution in [2.45, 2.75) is 32.4 Å². The largest absolute Gasteiger partial charge is 0.495 e. The van der Waals surface area contributed by atoms with Crippen LogP contribution < -0.4 is 14.4 Å². The minimum atomic E-state index is -3.92. The number of methoxy groups -OCH3 is 1. The fraction of sp³-hybridized carbons (Fsp3) is 0.310. The van der Waals surface area contributed by atoms with Crippen LogP contribution in [0.5, 0.6) is 5.75 Å². The molecule has 0 aliphatic carbocycles. The SMILES string of the molecule is CCCNC(=O)[C@H](Cc1ccccc1)N(Cc1ccc(F)cc1)C(=O)CN(c1ccccc1OC)S(C)(=O)=O. The molecule has 8 nitrogen and oxygen atoms in total. The molecule has 10 heteroatoms. The van der Waals surface area contributed by atoms with Crippen molar-refractivity contribution < 1.29 is 27.1 Å². The molecule has 3 aromatic carbocycles. The van der Waals surface area contributed by atoms with E-state index in [-0.39, 0.29) is 30.3 Å². The molecule has 39 heavy (non-hydrogen) atoms. The predicted molar refractivity (Wildman–Crippen MR) is 149 cm³/mol. The zero-order valence-electron chi connectivity index (χ0n) is 22.3. The molecule has 0 saturated heterocycles. The third kappa shape index (κ3) is 8.28. The van der Waals surface area contributed by atoms with Crippen LogP contribution in [0.25, 0.3) is 0 Å². The fourth-order valence-electron chi connectivity index (χ4n) is 4.14. The summed E-state index contributed by atoms with van der Waals surface area (Å²) in [5, 5.41) is 2.87. The number of carbonyl (C=O) groups excluding carboxylic acids is 2. The smallest absolute Gasteiger partial charge is 0.244 e. The van der Waals surface area contributed by atoms with Gasteiger partial charge >= 0.3 is 0 Å². The number of ether oxygens (including phenoxy) is 1. The molecule has 0 radical (unpaired) electrons. The normalized spacial score (nSPS) is 11.9. The number of nitrogens with one attached hydrogen (secondary N) is 1. The highest BCUT2D eigenvalue weighted by Crippen LogP contribution is 2.30. The van der Waals surface area contributed by atoms with E-state index >= 15 is 0 Å². The molecule has 0 heterocycles. The number of para-hydroxylation sites is 2. The summed E-state index contributed by atoms with van der Waals surface area (Å²) in [6.07, 6.45) is 1.91. The molecule has 0 aliphatic rings. The van der Waals surface area contributed by atoms with E-state index in [2.05, 4.69) is 5.32 Å². The minimum absolute atomic E-state index is 0.0281. The highest BCUT2D eigenvalue weighted by molar-refractivity contribution is 7.92. The molecule has 1 N–H and O–H groups in total. The zero-order valence-corrected chi connectivity index (χ0v) is 23.2. The molecule has 0 spiro atoms. The van der Waals surface area contributed by atoms with Gasteiger partial charge in [0.25, 0.3) is 0 Å². The maximum absolute atomic E-state index is 14.0. The van der Waals surface area contributed by atoms with E-state index in [9.17, 15) is 22.4 Å². The van der Waals surface area contributed by atoms with Crippen LogP contribution in [0.3, 0.4) is 0 Å². The minimum Gasteiger partial charge on any atom is -0.495 e. The number of benzene rings is 3. The number of rotatable bonds is 13. The molecule has 0 unspecified atom stereocenters. The Morgan fingerprint density at radius 2 is 1.59 bits per heavy atom. The molecule has 0 fully saturated rings. The van der Waals surface area contributed by atoms with Gasteiger partial charge in [0.15, 0.2) is 0 Å². The van der Waals surface area contributed by atoms with Gasteiger partial charge in [-0.1, -0.05) is 61.5 Å². The maximum atomic E-state index is 14.0. The summed E-state index contributed by atoms with van der Waals surface area (Å²) in [5.74, 6) is -1.11. The molecule has 1 atom stereocenters. The Hall–Kier alpha value is -3.92. The van der Waals surface area contributed by atoms with E-state index in [1.165, 1.54) is 36.3 Å². The lowest BCUT2D eigenvalue weighted by Gasteiger charge is -2.33. The van der Waals surface area contributed by atoms with Crippen molar-refractivity contribution in [1.82, 2.24) is 10.2 Å². The Balaban J connectivity index is 2.05. The quantitative estimate of drug-likeness (QED) is 0.347. The van der Waals surface area contributed by atoms with Crippen molar-refractivity contribution in [3.8, 4) is 5.75 Å². The number of sulfonamides is 1. The number of nitrogens with zero attached hydrogens (tertiary/aromatic N) is 2. The lowest BCUT2D eigenvalue weighted by Crippen LogP contribution is -2.53. The van der Waals surface area contributed by atoms with Gasteiger partial charge in [-0.2, -0.15) is 0 Å². The third-order valence-electron chi connectivity index (χ3n) is 6.12. The first kappa shape index (κ1) is 29.6. The molecule has 2 amide bonds. The molecule has 0 bridgehead atoms. The van der Waals surface area contributed by atoms with Crippen LogP contribution in [0.1, 0.15) is 24.5 Å². The van der Waals surface area contributed by atoms with Crippen molar-refractivity contribution in [3.05, 3.63) is 95.8 Å². The second-order valence-corrected chi connectivity index (χ2v) is 11.0. The van der Waals surface area contributed by atoms with Crippen molar-refractivity contribution in [2.75, 3.05) is 30.8 Å². The fourth-order valence-corrected chi connectivity index (χ4v) is 4.99. The Morgan fingerprint density at radius 3 is 2.21 bits per heavy atom. The second kappa shape index (κ2) is 13.7. The standard InChI is InChI=1S/C29H34FN3O5S/c1-4-18-31-29(35)26(19-22-10-6-5-7-11-22)32(20-23-14-16-24(30)17-15-23)28(34)21-33(39(3,36)37)25-12-8-9-13-27(25)38-2/h5-17,26H,4,18-21H2,1-3H3,(H,31,35)/t26-/m0/s1. The predicted octanol–water partition coefficient (Wildman–Crippen LogP) is 3.77. The van der Waals surface area contributed by atoms with Gasteiger partial charge in [0.2, 0.25) is 21.8 Å². The Labute approximate surface area is 229 Å². The van der Waals surface area contributed by atoms with Gasteiger partial charge in [-0.15, -0.1) is 0 Å². The Morgan fingerprint density at radius 1 is 0.949 bits per heavy atom. The third-order valence-corrected chi connectivity index (χ3v) is 7.25. The van der Waals surface area contributed by atoms with E-state index in [4.69, 9.17) is 4.74 Å². The van der Waals surface area contributed by atoms with Crippen LogP contribution in [0.15, 0.2) is 78.9 Å². The molecule has 0 aliphatic heterocycles. The summed E-state index contributed by atoms with van der Waals surface area (Å²) < 4.78 is 45.7. The van der Waals surface area contributed by atoms with Gasteiger partial charge < -0.3 is 15.0 Å². The summed E-state index contributed by atoms with van der Waals surface area (Å²) in [6, 6.07) is 20.4. The van der Waals surface area contributed by atoms with Crippen LogP contribution >= 0.6 is 0 Å². The highest BCUT2D eigenvalue weighted by atomic mass is 32.2. The van der Waals surface area contributed by atoms with Gasteiger partial charge in [-0.3, -0.25) is 13.9 Å². The number of hydrogen-bond acceptors (Lipinski definition) is 5. The van der Waals surface area contributed by atoms with Crippen molar-refractivity contribution in [3.63, 3.8) is 0 Å². The molecule has 0 saturated carbocycles. The maximum Gasteiger partial charge on any atom is 0.244 e. The van der Waals surface area contributed by atoms with Crippen molar-refractivity contribution in [2.24, 2.45) is 0 Å². The average Bonchev–Trinajstić information content (AvgIpc) is 2.93. The number of hydrogen-bond donors (Lipinski definition) is 1. The molecule has 3 rings (SSSR count). The lowest BCUT2D eigenvalue weighted by atomic mass is 10.0. The number of halogens is 1. The summed E-state index contributed by atoms with van der Waals surface area (Å²) in [4.78, 5) is 28.8. The lowest BCUT2D eigenvalue weighted by molar-refractivity contribution is -0.140. The van der Waals surface area contributed by atoms with Gasteiger partial charge in [-0.25, -0.2) is 12.8 Å². The first-order valence-corrected chi connectivity index (χ1v) is 14.4. The summed E-state index contributed by atoms with van der Waals surface area (Å²) >= 11 is 0. The van der Waals surface area contributed by atoms with Gasteiger partial charge in [0, 0.05) is 19.5 Å². The summed E-state index contributed by atoms with van der Waals surface area (Å²) in [5.41, 5.74) is 1.62. The van der Waals surface area contributed by atoms with Crippen LogP contribution in [0.4, 0.5) is 10.1 Å². The van der Waals surface area contributed by atoms with Gasteiger partial charge in [0.1, 0.15) is 24.2 Å². The van der Waals surface area contributed by atoms with E-state index in [1.807, 2.05) is 37.3 Å². The zero-order chi connectivity index (χ0) is 28.4. The van der Waals surface area contributed by atoms with E-state index < -0.39 is 34.3 Å². The van der Waals surface area contributed by atoms with Gasteiger partial charge in [0.05, 0.1) is 19.1 Å². The van der Waals surface area contributed by atoms with Crippen molar-refractivity contribution >= 4 is 27.5 Å². The summed E-state index contributed by atoms with van der Waals surface area (Å²) in [7, 11) is -2.51. The van der Waals surface area contributed by atoms with Crippen LogP contribution in [0.2, 0.25) is 0 Å². The van der Waals surface area contributed by atoms with E-state index in [0.717, 1.165) is 16.1 Å². The van der Waals surface area contributed by atoms with E-state index in [1.54, 1.807) is 24.3 Å². The average molecular weight is 556 g/mol. The first-order valence-electron chi connectivity index (χ1n) is 12.6. The second-order valence-electron chi connectivity index (χ2n) is 9.09. The van der Waals surface area contributed by atoms with Crippen LogP contribution in [-0.4, -0.2) is 57.6 Å². The number of anilines is 1.